The highest BCUT2D eigenvalue weighted by molar-refractivity contribution is 7.13. The highest BCUT2D eigenvalue weighted by Gasteiger charge is 2.36. The van der Waals surface area contributed by atoms with Gasteiger partial charge in [0, 0.05) is 6.20 Å². The number of aliphatic carboxylic acids is 1. The number of hydrogen-bond donors (Lipinski definition) is 2. The van der Waals surface area contributed by atoms with Crippen molar-refractivity contribution in [3.05, 3.63) is 113 Å². The van der Waals surface area contributed by atoms with E-state index in [1.165, 1.54) is 0 Å². The lowest BCUT2D eigenvalue weighted by Crippen LogP contribution is -2.46. The van der Waals surface area contributed by atoms with Gasteiger partial charge < -0.3 is 5.11 Å². The molecule has 0 aliphatic heterocycles. The molecule has 0 bridgehead atoms. The number of nitrogens with zero attached hydrogens (tertiary/aromatic N) is 1. The molecule has 0 amide bonds. The predicted molar refractivity (Wildman–Crippen MR) is 116 cm³/mol. The van der Waals surface area contributed by atoms with Crippen LogP contribution in [0.3, 0.4) is 0 Å². The molecule has 1 aromatic heterocycles. The van der Waals surface area contributed by atoms with Crippen molar-refractivity contribution in [2.75, 3.05) is 6.54 Å². The van der Waals surface area contributed by atoms with Crippen molar-refractivity contribution < 1.29 is 9.90 Å². The summed E-state index contributed by atoms with van der Waals surface area (Å²) in [4.78, 5) is 16.8. The monoisotopic (exact) mass is 400 g/mol. The molecular formula is C24H20N2O2S. The Bertz CT molecular complexity index is 1040. The van der Waals surface area contributed by atoms with Crippen molar-refractivity contribution >= 4 is 17.3 Å². The Hall–Kier alpha value is -3.28. The number of carbonyl (C=O) groups is 1. The maximum absolute atomic E-state index is 11.5. The zero-order valence-electron chi connectivity index (χ0n) is 15.7. The number of carboxylic acids is 1. The number of benzene rings is 3. The van der Waals surface area contributed by atoms with Gasteiger partial charge in [-0.05, 0) is 28.3 Å². The lowest BCUT2D eigenvalue weighted by Gasteiger charge is -2.37. The molecule has 0 atom stereocenters. The van der Waals surface area contributed by atoms with Crippen molar-refractivity contribution in [3.8, 4) is 10.4 Å². The molecule has 4 aromatic rings. The molecule has 0 aliphatic carbocycles. The second kappa shape index (κ2) is 8.39. The lowest BCUT2D eigenvalue weighted by molar-refractivity contribution is -0.136. The molecule has 4 rings (SSSR count). The third kappa shape index (κ3) is 3.83. The highest BCUT2D eigenvalue weighted by atomic mass is 32.1. The first kappa shape index (κ1) is 19.1. The molecule has 2 N–H and O–H groups in total. The van der Waals surface area contributed by atoms with E-state index in [2.05, 4.69) is 22.4 Å². The van der Waals surface area contributed by atoms with Crippen LogP contribution in [0.2, 0.25) is 0 Å². The summed E-state index contributed by atoms with van der Waals surface area (Å²) in [5.74, 6) is -0.903. The van der Waals surface area contributed by atoms with Gasteiger partial charge in [-0.2, -0.15) is 0 Å². The van der Waals surface area contributed by atoms with Gasteiger partial charge in [-0.3, -0.25) is 15.1 Å². The molecule has 5 heteroatoms. The van der Waals surface area contributed by atoms with Crippen LogP contribution in [0.1, 0.15) is 16.7 Å². The third-order valence-electron chi connectivity index (χ3n) is 4.93. The quantitative estimate of drug-likeness (QED) is 0.439. The number of thiazole rings is 1. The SMILES string of the molecule is O=C(O)CNC(c1ccccc1)(c1ccccc1)c1cccc(-c2cncs2)c1. The van der Waals surface area contributed by atoms with E-state index in [9.17, 15) is 9.90 Å². The van der Waals surface area contributed by atoms with Gasteiger partial charge in [-0.1, -0.05) is 78.9 Å². The van der Waals surface area contributed by atoms with Crippen LogP contribution < -0.4 is 5.32 Å². The minimum Gasteiger partial charge on any atom is -0.480 e. The summed E-state index contributed by atoms with van der Waals surface area (Å²) in [5, 5.41) is 12.8. The second-order valence-electron chi connectivity index (χ2n) is 6.68. The van der Waals surface area contributed by atoms with Gasteiger partial charge >= 0.3 is 5.97 Å². The lowest BCUT2D eigenvalue weighted by atomic mass is 9.76. The third-order valence-corrected chi connectivity index (χ3v) is 5.75. The summed E-state index contributed by atoms with van der Waals surface area (Å²) < 4.78 is 0. The van der Waals surface area contributed by atoms with Crippen molar-refractivity contribution in [1.29, 1.82) is 0 Å². The van der Waals surface area contributed by atoms with Crippen LogP contribution in [0.4, 0.5) is 0 Å². The number of rotatable bonds is 7. The average Bonchev–Trinajstić information content (AvgIpc) is 3.31. The maximum Gasteiger partial charge on any atom is 0.317 e. The fourth-order valence-electron chi connectivity index (χ4n) is 3.65. The van der Waals surface area contributed by atoms with Crippen LogP contribution in [0.15, 0.2) is 96.6 Å². The van der Waals surface area contributed by atoms with Gasteiger partial charge in [0.2, 0.25) is 0 Å². The first-order valence-corrected chi connectivity index (χ1v) is 10.2. The van der Waals surface area contributed by atoms with Gasteiger partial charge in [0.15, 0.2) is 0 Å². The van der Waals surface area contributed by atoms with Crippen LogP contribution in [0.5, 0.6) is 0 Å². The normalized spacial score (nSPS) is 11.3. The number of nitrogens with one attached hydrogen (secondary N) is 1. The topological polar surface area (TPSA) is 62.2 Å². The van der Waals surface area contributed by atoms with E-state index < -0.39 is 11.5 Å². The number of aromatic nitrogens is 1. The Morgan fingerprint density at radius 3 is 2.07 bits per heavy atom. The van der Waals surface area contributed by atoms with Crippen molar-refractivity contribution in [2.45, 2.75) is 5.54 Å². The summed E-state index contributed by atoms with van der Waals surface area (Å²) >= 11 is 1.58. The Morgan fingerprint density at radius 2 is 1.52 bits per heavy atom. The van der Waals surface area contributed by atoms with Crippen molar-refractivity contribution in [3.63, 3.8) is 0 Å². The van der Waals surface area contributed by atoms with E-state index in [0.717, 1.165) is 27.1 Å². The summed E-state index contributed by atoms with van der Waals surface area (Å²) in [6.45, 7) is -0.172. The molecule has 3 aromatic carbocycles. The zero-order chi connectivity index (χ0) is 20.1. The summed E-state index contributed by atoms with van der Waals surface area (Å²) in [6.07, 6.45) is 1.85. The highest BCUT2D eigenvalue weighted by Crippen LogP contribution is 2.38. The van der Waals surface area contributed by atoms with E-state index in [1.807, 2.05) is 84.5 Å². The molecule has 0 radical (unpaired) electrons. The molecule has 144 valence electrons. The van der Waals surface area contributed by atoms with Crippen molar-refractivity contribution in [2.24, 2.45) is 0 Å². The van der Waals surface area contributed by atoms with Crippen LogP contribution in [-0.4, -0.2) is 22.6 Å². The average molecular weight is 401 g/mol. The van der Waals surface area contributed by atoms with E-state index in [4.69, 9.17) is 0 Å². The molecule has 0 saturated heterocycles. The molecule has 0 spiro atoms. The predicted octanol–water partition coefficient (Wildman–Crippen LogP) is 4.78. The second-order valence-corrected chi connectivity index (χ2v) is 7.56. The van der Waals surface area contributed by atoms with E-state index >= 15 is 0 Å². The molecule has 29 heavy (non-hydrogen) atoms. The fraction of sp³-hybridized carbons (Fsp3) is 0.0833. The first-order chi connectivity index (χ1) is 14.2. The Labute approximate surface area is 173 Å². The summed E-state index contributed by atoms with van der Waals surface area (Å²) in [7, 11) is 0. The van der Waals surface area contributed by atoms with Gasteiger partial charge in [0.05, 0.1) is 22.5 Å². The minimum absolute atomic E-state index is 0.172. The Kier molecular flexibility index (Phi) is 5.51. The molecular weight excluding hydrogens is 380 g/mol. The van der Waals surface area contributed by atoms with Gasteiger partial charge in [0.1, 0.15) is 0 Å². The number of carboxylic acid groups (broad SMARTS) is 1. The summed E-state index contributed by atoms with van der Waals surface area (Å²) in [6, 6.07) is 28.2. The molecule has 1 heterocycles. The zero-order valence-corrected chi connectivity index (χ0v) is 16.5. The molecule has 0 aliphatic rings. The molecule has 0 fully saturated rings. The maximum atomic E-state index is 11.5. The van der Waals surface area contributed by atoms with E-state index in [1.54, 1.807) is 11.3 Å². The molecule has 4 nitrogen and oxygen atoms in total. The van der Waals surface area contributed by atoms with Gasteiger partial charge in [-0.25, -0.2) is 0 Å². The Balaban J connectivity index is 1.97. The van der Waals surface area contributed by atoms with Gasteiger partial charge in [-0.15, -0.1) is 11.3 Å². The van der Waals surface area contributed by atoms with E-state index in [-0.39, 0.29) is 6.54 Å². The fourth-order valence-corrected chi connectivity index (χ4v) is 4.27. The molecule has 0 unspecified atom stereocenters. The minimum atomic E-state index is -0.903. The number of hydrogen-bond acceptors (Lipinski definition) is 4. The standard InChI is InChI=1S/C24H20N2O2S/c27-23(28)16-26-24(19-9-3-1-4-10-19,20-11-5-2-6-12-20)21-13-7-8-18(14-21)22-15-25-17-29-22/h1-15,17,26H,16H2,(H,27,28). The van der Waals surface area contributed by atoms with Crippen LogP contribution >= 0.6 is 11.3 Å². The van der Waals surface area contributed by atoms with Gasteiger partial charge in [0.25, 0.3) is 0 Å². The van der Waals surface area contributed by atoms with Crippen LogP contribution in [0.25, 0.3) is 10.4 Å². The van der Waals surface area contributed by atoms with Crippen LogP contribution in [0, 0.1) is 0 Å². The largest absolute Gasteiger partial charge is 0.480 e. The van der Waals surface area contributed by atoms with Crippen molar-refractivity contribution in [1.82, 2.24) is 10.3 Å². The van der Waals surface area contributed by atoms with Crippen LogP contribution in [-0.2, 0) is 10.3 Å². The molecule has 0 saturated carbocycles. The van der Waals surface area contributed by atoms with E-state index in [0.29, 0.717) is 0 Å². The summed E-state index contributed by atoms with van der Waals surface area (Å²) in [5.41, 5.74) is 5.00. The smallest absolute Gasteiger partial charge is 0.317 e. The Morgan fingerprint density at radius 1 is 0.897 bits per heavy atom. The first-order valence-electron chi connectivity index (χ1n) is 9.27.